The van der Waals surface area contributed by atoms with Gasteiger partial charge < -0.3 is 19.7 Å². The zero-order chi connectivity index (χ0) is 42.6. The number of unbranched alkanes of at least 4 members (excludes halogenated alkanes) is 22. The molecule has 0 saturated carbocycles. The van der Waals surface area contributed by atoms with Gasteiger partial charge in [0.2, 0.25) is 0 Å². The Morgan fingerprint density at radius 1 is 0.500 bits per heavy atom. The summed E-state index contributed by atoms with van der Waals surface area (Å²) in [4.78, 5) is 32.6. The van der Waals surface area contributed by atoms with Crippen molar-refractivity contribution in [3.05, 3.63) is 18.7 Å². The quantitative estimate of drug-likeness (QED) is 0.0637. The molecule has 0 aliphatic carbocycles. The van der Waals surface area contributed by atoms with Crippen LogP contribution in [0.1, 0.15) is 265 Å². The molecule has 58 heavy (non-hydrogen) atoms. The lowest BCUT2D eigenvalue weighted by molar-refractivity contribution is -0.151. The highest BCUT2D eigenvalue weighted by molar-refractivity contribution is 5.75. The van der Waals surface area contributed by atoms with Crippen LogP contribution in [0.15, 0.2) is 18.7 Å². The largest absolute Gasteiger partial charge is 0.481 e. The van der Waals surface area contributed by atoms with E-state index in [1.54, 1.807) is 0 Å². The van der Waals surface area contributed by atoms with Crippen molar-refractivity contribution in [3.63, 3.8) is 0 Å². The number of carboxylic acid groups (broad SMARTS) is 2. The second kappa shape index (κ2) is 35.8. The maximum absolute atomic E-state index is 12.8. The Kier molecular flexibility index (Phi) is 33.4. The highest BCUT2D eigenvalue weighted by atomic mass is 16.4. The predicted molar refractivity (Wildman–Crippen MR) is 248 cm³/mol. The third kappa shape index (κ3) is 25.0. The Morgan fingerprint density at radius 2 is 0.810 bits per heavy atom. The maximum atomic E-state index is 12.8. The van der Waals surface area contributed by atoms with Gasteiger partial charge in [-0.2, -0.15) is 0 Å². The van der Waals surface area contributed by atoms with Crippen molar-refractivity contribution in [2.45, 2.75) is 265 Å². The van der Waals surface area contributed by atoms with Crippen molar-refractivity contribution >= 4 is 11.9 Å². The molecule has 1 aromatic heterocycles. The lowest BCUT2D eigenvalue weighted by Gasteiger charge is -2.30. The first-order valence-corrected chi connectivity index (χ1v) is 25.4. The van der Waals surface area contributed by atoms with E-state index in [0.717, 1.165) is 154 Å². The molecule has 7 nitrogen and oxygen atoms in total. The number of aliphatic carboxylic acids is 2. The predicted octanol–water partition coefficient (Wildman–Crippen LogP) is 15.6. The van der Waals surface area contributed by atoms with Crippen LogP contribution in [0.25, 0.3) is 0 Å². The molecule has 0 fully saturated rings. The molecular weight excluding hydrogens is 719 g/mol. The molecule has 0 aliphatic rings. The number of imidazole rings is 1. The smallest absolute Gasteiger partial charge is 0.309 e. The Hall–Kier alpha value is -1.89. The first kappa shape index (κ1) is 54.1. The number of aromatic nitrogens is 2. The number of hydrogen-bond acceptors (Lipinski definition) is 4. The van der Waals surface area contributed by atoms with E-state index < -0.39 is 22.8 Å². The number of rotatable bonds is 44. The zero-order valence-corrected chi connectivity index (χ0v) is 39.2. The van der Waals surface area contributed by atoms with E-state index in [1.165, 1.54) is 89.9 Å². The van der Waals surface area contributed by atoms with E-state index in [1.807, 2.05) is 12.5 Å². The number of hydrogen-bond donors (Lipinski definition) is 2. The standard InChI is InChI=1S/C51H97N3O4/c1-6-10-14-18-20-28-37-50(48(55)56,35-26-16-12-8-3)39-30-22-24-32-42-53(44-34-47(5)54-45-41-52-46-54)43-33-25-23-31-40-51(49(57)58,36-27-17-13-9-4)38-29-21-19-15-11-7-2/h41,45-47H,6-40,42-44H2,1-5H3,(H,55,56)(H,57,58). The van der Waals surface area contributed by atoms with E-state index in [9.17, 15) is 19.8 Å². The Balaban J connectivity index is 2.72. The van der Waals surface area contributed by atoms with Crippen molar-refractivity contribution < 1.29 is 19.8 Å². The highest BCUT2D eigenvalue weighted by Crippen LogP contribution is 2.39. The number of nitrogens with zero attached hydrogens (tertiary/aromatic N) is 3. The summed E-state index contributed by atoms with van der Waals surface area (Å²) in [7, 11) is 0. The summed E-state index contributed by atoms with van der Waals surface area (Å²) in [6.45, 7) is 14.5. The average molecular weight is 816 g/mol. The van der Waals surface area contributed by atoms with Gasteiger partial charge in [-0.05, 0) is 77.8 Å². The Labute approximate surface area is 359 Å². The summed E-state index contributed by atoms with van der Waals surface area (Å²) in [5.41, 5.74) is -1.08. The van der Waals surface area contributed by atoms with Gasteiger partial charge >= 0.3 is 11.9 Å². The fourth-order valence-corrected chi connectivity index (χ4v) is 9.35. The SMILES string of the molecule is CCCCCCCCC(CCCCCC)(CCCCCCN(CCCCCCC(CCCCCC)(CCCCCCCC)C(=O)O)CCC(C)n1ccnc1)C(=O)O. The van der Waals surface area contributed by atoms with E-state index in [-0.39, 0.29) is 0 Å². The van der Waals surface area contributed by atoms with Gasteiger partial charge in [0.15, 0.2) is 0 Å². The third-order valence-corrected chi connectivity index (χ3v) is 13.6. The molecule has 0 radical (unpaired) electrons. The van der Waals surface area contributed by atoms with Crippen LogP contribution in [-0.4, -0.2) is 56.2 Å². The molecule has 1 rings (SSSR count). The highest BCUT2D eigenvalue weighted by Gasteiger charge is 2.37. The second-order valence-electron chi connectivity index (χ2n) is 18.6. The maximum Gasteiger partial charge on any atom is 0.309 e. The minimum Gasteiger partial charge on any atom is -0.481 e. The van der Waals surface area contributed by atoms with Crippen LogP contribution in [0.4, 0.5) is 0 Å². The molecule has 3 unspecified atom stereocenters. The molecule has 7 heteroatoms. The lowest BCUT2D eigenvalue weighted by Crippen LogP contribution is -2.31. The summed E-state index contributed by atoms with van der Waals surface area (Å²) >= 11 is 0. The van der Waals surface area contributed by atoms with Crippen LogP contribution in [0.2, 0.25) is 0 Å². The van der Waals surface area contributed by atoms with Gasteiger partial charge in [-0.15, -0.1) is 0 Å². The summed E-state index contributed by atoms with van der Waals surface area (Å²) in [5, 5.41) is 21.1. The van der Waals surface area contributed by atoms with Crippen LogP contribution in [0, 0.1) is 10.8 Å². The van der Waals surface area contributed by atoms with Crippen molar-refractivity contribution in [1.82, 2.24) is 14.5 Å². The van der Waals surface area contributed by atoms with Crippen LogP contribution in [0.5, 0.6) is 0 Å². The molecule has 1 aromatic rings. The fourth-order valence-electron chi connectivity index (χ4n) is 9.35. The summed E-state index contributed by atoms with van der Waals surface area (Å²) < 4.78 is 2.21. The molecule has 0 aromatic carbocycles. The number of carbonyl (C=O) groups is 2. The van der Waals surface area contributed by atoms with E-state index >= 15 is 0 Å². The van der Waals surface area contributed by atoms with Crippen molar-refractivity contribution in [2.24, 2.45) is 10.8 Å². The molecule has 340 valence electrons. The fraction of sp³-hybridized carbons (Fsp3) is 0.902. The van der Waals surface area contributed by atoms with Gasteiger partial charge in [-0.1, -0.05) is 195 Å². The van der Waals surface area contributed by atoms with Crippen LogP contribution >= 0.6 is 0 Å². The molecule has 0 amide bonds. The summed E-state index contributed by atoms with van der Waals surface area (Å²) in [6, 6.07) is 0.409. The van der Waals surface area contributed by atoms with Gasteiger partial charge in [0.05, 0.1) is 17.2 Å². The minimum atomic E-state index is -0.547. The summed E-state index contributed by atoms with van der Waals surface area (Å²) in [6.07, 6.45) is 44.6. The Bertz CT molecular complexity index is 1020. The first-order valence-electron chi connectivity index (χ1n) is 25.4. The monoisotopic (exact) mass is 816 g/mol. The van der Waals surface area contributed by atoms with Crippen LogP contribution in [0.3, 0.4) is 0 Å². The molecule has 2 N–H and O–H groups in total. The zero-order valence-electron chi connectivity index (χ0n) is 39.2. The Morgan fingerprint density at radius 3 is 1.12 bits per heavy atom. The molecular formula is C51H97N3O4. The van der Waals surface area contributed by atoms with Crippen LogP contribution < -0.4 is 0 Å². The van der Waals surface area contributed by atoms with Gasteiger partial charge in [0.25, 0.3) is 0 Å². The van der Waals surface area contributed by atoms with Gasteiger partial charge in [-0.3, -0.25) is 9.59 Å². The topological polar surface area (TPSA) is 95.7 Å². The first-order chi connectivity index (χ1) is 28.2. The summed E-state index contributed by atoms with van der Waals surface area (Å²) in [5.74, 6) is -1.09. The van der Waals surface area contributed by atoms with E-state index in [2.05, 4.69) is 55.3 Å². The molecule has 3 atom stereocenters. The third-order valence-electron chi connectivity index (χ3n) is 13.6. The van der Waals surface area contributed by atoms with Gasteiger partial charge in [0.1, 0.15) is 0 Å². The van der Waals surface area contributed by atoms with Crippen molar-refractivity contribution in [3.8, 4) is 0 Å². The normalized spacial score (nSPS) is 14.4. The van der Waals surface area contributed by atoms with Crippen molar-refractivity contribution in [2.75, 3.05) is 19.6 Å². The average Bonchev–Trinajstić information content (AvgIpc) is 3.76. The molecule has 0 bridgehead atoms. The van der Waals surface area contributed by atoms with Gasteiger partial charge in [0, 0.05) is 25.0 Å². The van der Waals surface area contributed by atoms with E-state index in [0.29, 0.717) is 6.04 Å². The minimum absolute atomic E-state index is 0.409. The number of carboxylic acids is 2. The molecule has 0 saturated heterocycles. The lowest BCUT2D eigenvalue weighted by atomic mass is 9.74. The van der Waals surface area contributed by atoms with E-state index in [4.69, 9.17) is 0 Å². The molecule has 1 heterocycles. The molecule has 0 spiro atoms. The van der Waals surface area contributed by atoms with Gasteiger partial charge in [-0.25, -0.2) is 4.98 Å². The van der Waals surface area contributed by atoms with Crippen LogP contribution in [-0.2, 0) is 9.59 Å². The molecule has 0 aliphatic heterocycles. The second-order valence-corrected chi connectivity index (χ2v) is 18.6. The van der Waals surface area contributed by atoms with Crippen molar-refractivity contribution in [1.29, 1.82) is 0 Å².